The number of nitrogens with zero attached hydrogens (tertiary/aromatic N) is 1. The molecule has 0 aliphatic carbocycles. The highest BCUT2D eigenvalue weighted by Crippen LogP contribution is 2.31. The third-order valence-corrected chi connectivity index (χ3v) is 6.57. The van der Waals surface area contributed by atoms with Gasteiger partial charge in [0, 0.05) is 43.8 Å². The number of rotatable bonds is 8. The van der Waals surface area contributed by atoms with E-state index in [1.54, 1.807) is 18.9 Å². The van der Waals surface area contributed by atoms with Crippen LogP contribution in [0.2, 0.25) is 0 Å². The van der Waals surface area contributed by atoms with Crippen LogP contribution in [0.3, 0.4) is 0 Å². The largest absolute Gasteiger partial charge is 0.573 e. The number of anilines is 2. The van der Waals surface area contributed by atoms with Crippen LogP contribution in [0.5, 0.6) is 11.5 Å². The van der Waals surface area contributed by atoms with Crippen LogP contribution in [-0.4, -0.2) is 51.7 Å². The fraction of sp³-hybridized carbons (Fsp3) is 0.364. The van der Waals surface area contributed by atoms with E-state index in [-0.39, 0.29) is 46.9 Å². The second-order valence-corrected chi connectivity index (χ2v) is 9.42. The Labute approximate surface area is 200 Å². The molecular weight excluding hydrogens is 491 g/mol. The number of benzene rings is 2. The van der Waals surface area contributed by atoms with Gasteiger partial charge in [-0.25, -0.2) is 8.42 Å². The van der Waals surface area contributed by atoms with E-state index < -0.39 is 28.1 Å². The van der Waals surface area contributed by atoms with E-state index >= 15 is 0 Å². The molecule has 2 amide bonds. The highest BCUT2D eigenvalue weighted by Gasteiger charge is 2.31. The molecule has 35 heavy (non-hydrogen) atoms. The van der Waals surface area contributed by atoms with Crippen LogP contribution in [-0.2, 0) is 19.6 Å². The molecule has 1 aliphatic rings. The number of carbonyl (C=O) groups is 2. The molecule has 13 heteroatoms. The maximum Gasteiger partial charge on any atom is 0.573 e. The number of sulfonamides is 1. The summed E-state index contributed by atoms with van der Waals surface area (Å²) in [4.78, 5) is 25.7. The number of alkyl halides is 3. The first kappa shape index (κ1) is 26.1. The molecule has 1 saturated heterocycles. The van der Waals surface area contributed by atoms with E-state index in [1.165, 1.54) is 30.3 Å². The normalized spacial score (nSPS) is 16.5. The zero-order chi connectivity index (χ0) is 25.8. The van der Waals surface area contributed by atoms with Gasteiger partial charge in [-0.2, -0.15) is 0 Å². The minimum Gasteiger partial charge on any atom is -0.492 e. The number of ether oxygens (including phenoxy) is 2. The molecular formula is C22H24F3N3O6S. The molecule has 2 aromatic carbocycles. The second kappa shape index (κ2) is 10.4. The number of hydrogen-bond donors (Lipinski definition) is 2. The monoisotopic (exact) mass is 515 g/mol. The van der Waals surface area contributed by atoms with Crippen molar-refractivity contribution < 1.29 is 40.7 Å². The summed E-state index contributed by atoms with van der Waals surface area (Å²) in [6.07, 6.45) is -4.35. The quantitative estimate of drug-likeness (QED) is 0.556. The number of hydrogen-bond acceptors (Lipinski definition) is 6. The molecule has 0 radical (unpaired) electrons. The van der Waals surface area contributed by atoms with E-state index in [0.29, 0.717) is 13.0 Å². The second-order valence-electron chi connectivity index (χ2n) is 7.77. The summed E-state index contributed by atoms with van der Waals surface area (Å²) in [5.41, 5.74) is 0.114. The third-order valence-electron chi connectivity index (χ3n) is 5.15. The standard InChI is InChI=1S/C22H24F3N3O6S/c1-3-33-18-13-15(26-21(30)14-9-10-28(2)20(29)11-14)7-8-19(18)35(31,32)27-16-5-4-6-17(12-16)34-22(23,24)25/h4-8,12-14,27H,3,9-11H2,1-2H3,(H,26,30). The fourth-order valence-corrected chi connectivity index (χ4v) is 4.63. The molecule has 3 rings (SSSR count). The molecule has 1 heterocycles. The molecule has 2 aromatic rings. The van der Waals surface area contributed by atoms with Gasteiger partial charge < -0.3 is 19.7 Å². The van der Waals surface area contributed by atoms with Crippen molar-refractivity contribution in [3.63, 3.8) is 0 Å². The predicted octanol–water partition coefficient (Wildman–Crippen LogP) is 3.59. The number of halogens is 3. The van der Waals surface area contributed by atoms with Gasteiger partial charge >= 0.3 is 6.36 Å². The lowest BCUT2D eigenvalue weighted by Crippen LogP contribution is -2.39. The zero-order valence-electron chi connectivity index (χ0n) is 18.9. The number of likely N-dealkylation sites (tertiary alicyclic amines) is 1. The zero-order valence-corrected chi connectivity index (χ0v) is 19.7. The van der Waals surface area contributed by atoms with Crippen molar-refractivity contribution in [1.82, 2.24) is 4.90 Å². The molecule has 9 nitrogen and oxygen atoms in total. The summed E-state index contributed by atoms with van der Waals surface area (Å²) in [6, 6.07) is 8.28. The average molecular weight is 516 g/mol. The van der Waals surface area contributed by atoms with Crippen LogP contribution >= 0.6 is 0 Å². The Kier molecular flexibility index (Phi) is 7.78. The van der Waals surface area contributed by atoms with Gasteiger partial charge in [-0.1, -0.05) is 6.07 Å². The van der Waals surface area contributed by atoms with Gasteiger partial charge in [0.2, 0.25) is 11.8 Å². The lowest BCUT2D eigenvalue weighted by Gasteiger charge is -2.28. The average Bonchev–Trinajstić information content (AvgIpc) is 2.74. The van der Waals surface area contributed by atoms with Crippen molar-refractivity contribution in [2.45, 2.75) is 31.0 Å². The lowest BCUT2D eigenvalue weighted by atomic mass is 9.95. The number of carbonyl (C=O) groups excluding carboxylic acids is 2. The molecule has 0 bridgehead atoms. The van der Waals surface area contributed by atoms with Gasteiger partial charge in [0.1, 0.15) is 16.4 Å². The van der Waals surface area contributed by atoms with Crippen molar-refractivity contribution in [3.8, 4) is 11.5 Å². The van der Waals surface area contributed by atoms with E-state index in [9.17, 15) is 31.2 Å². The first-order valence-corrected chi connectivity index (χ1v) is 12.1. The summed E-state index contributed by atoms with van der Waals surface area (Å²) in [7, 11) is -2.62. The van der Waals surface area contributed by atoms with Gasteiger partial charge in [-0.15, -0.1) is 13.2 Å². The summed E-state index contributed by atoms with van der Waals surface area (Å²) < 4.78 is 74.8. The maximum atomic E-state index is 13.0. The fourth-order valence-electron chi connectivity index (χ4n) is 3.45. The molecule has 1 unspecified atom stereocenters. The Morgan fingerprint density at radius 1 is 1.17 bits per heavy atom. The molecule has 0 saturated carbocycles. The Bertz CT molecular complexity index is 1200. The van der Waals surface area contributed by atoms with Crippen LogP contribution < -0.4 is 19.5 Å². The van der Waals surface area contributed by atoms with Gasteiger partial charge in [0.25, 0.3) is 10.0 Å². The van der Waals surface area contributed by atoms with Crippen LogP contribution in [0.1, 0.15) is 19.8 Å². The van der Waals surface area contributed by atoms with E-state index in [0.717, 1.165) is 12.1 Å². The lowest BCUT2D eigenvalue weighted by molar-refractivity contribution is -0.274. The van der Waals surface area contributed by atoms with E-state index in [2.05, 4.69) is 14.8 Å². The topological polar surface area (TPSA) is 114 Å². The van der Waals surface area contributed by atoms with E-state index in [1.807, 2.05) is 0 Å². The van der Waals surface area contributed by atoms with Crippen LogP contribution in [0, 0.1) is 5.92 Å². The van der Waals surface area contributed by atoms with Crippen molar-refractivity contribution in [1.29, 1.82) is 0 Å². The van der Waals surface area contributed by atoms with Gasteiger partial charge in [-0.3, -0.25) is 14.3 Å². The van der Waals surface area contributed by atoms with Crippen LogP contribution in [0.4, 0.5) is 24.5 Å². The molecule has 1 atom stereocenters. The van der Waals surface area contributed by atoms with Gasteiger partial charge in [0.15, 0.2) is 0 Å². The van der Waals surface area contributed by atoms with Crippen molar-refractivity contribution in [3.05, 3.63) is 42.5 Å². The Morgan fingerprint density at radius 3 is 2.57 bits per heavy atom. The van der Waals surface area contributed by atoms with Crippen LogP contribution in [0.25, 0.3) is 0 Å². The molecule has 2 N–H and O–H groups in total. The minimum atomic E-state index is -4.93. The van der Waals surface area contributed by atoms with E-state index in [4.69, 9.17) is 4.74 Å². The number of piperidine rings is 1. The Morgan fingerprint density at radius 2 is 1.91 bits per heavy atom. The van der Waals surface area contributed by atoms with Gasteiger partial charge in [-0.05, 0) is 37.6 Å². The summed E-state index contributed by atoms with van der Waals surface area (Å²) in [5.74, 6) is -1.67. The summed E-state index contributed by atoms with van der Waals surface area (Å²) in [5, 5.41) is 2.68. The highest BCUT2D eigenvalue weighted by atomic mass is 32.2. The summed E-state index contributed by atoms with van der Waals surface area (Å²) in [6.45, 7) is 2.20. The first-order valence-electron chi connectivity index (χ1n) is 10.6. The van der Waals surface area contributed by atoms with Crippen molar-refractivity contribution in [2.24, 2.45) is 5.92 Å². The molecule has 1 fully saturated rings. The van der Waals surface area contributed by atoms with Crippen LogP contribution in [0.15, 0.2) is 47.4 Å². The molecule has 0 aromatic heterocycles. The maximum absolute atomic E-state index is 13.0. The van der Waals surface area contributed by atoms with Gasteiger partial charge in [0.05, 0.1) is 12.3 Å². The molecule has 0 spiro atoms. The Balaban J connectivity index is 1.79. The molecule has 190 valence electrons. The predicted molar refractivity (Wildman–Crippen MR) is 121 cm³/mol. The number of amides is 2. The summed E-state index contributed by atoms with van der Waals surface area (Å²) >= 11 is 0. The van der Waals surface area contributed by atoms with Crippen molar-refractivity contribution in [2.75, 3.05) is 30.2 Å². The first-order chi connectivity index (χ1) is 16.4. The third kappa shape index (κ3) is 7.01. The minimum absolute atomic E-state index is 0.0695. The molecule has 1 aliphatic heterocycles. The number of nitrogens with one attached hydrogen (secondary N) is 2. The smallest absolute Gasteiger partial charge is 0.492 e. The Hall–Kier alpha value is -3.48. The highest BCUT2D eigenvalue weighted by molar-refractivity contribution is 7.92. The SMILES string of the molecule is CCOc1cc(NC(=O)C2CCN(C)C(=O)C2)ccc1S(=O)(=O)Nc1cccc(OC(F)(F)F)c1. The van der Waals surface area contributed by atoms with Crippen molar-refractivity contribution >= 4 is 33.2 Å².